The molecule has 0 saturated heterocycles. The number of allylic oxidation sites excluding steroid dienone is 3. The van der Waals surface area contributed by atoms with Gasteiger partial charge in [-0.15, -0.1) is 0 Å². The molecule has 0 heteroatoms. The van der Waals surface area contributed by atoms with E-state index in [0.717, 1.165) is 5.92 Å². The van der Waals surface area contributed by atoms with Crippen LogP contribution in [0.3, 0.4) is 0 Å². The Bertz CT molecular complexity index is 321. The van der Waals surface area contributed by atoms with E-state index in [1.54, 1.807) is 5.57 Å². The maximum atomic E-state index is 4.17. The molecule has 0 N–H and O–H groups in total. The van der Waals surface area contributed by atoms with Crippen LogP contribution in [0.1, 0.15) is 68.7 Å². The SMILES string of the molecule is C=C(C)C(C)C(C)C(C=C(C)C(C)CC)C(C)C(C)C. The summed E-state index contributed by atoms with van der Waals surface area (Å²) < 4.78 is 0. The lowest BCUT2D eigenvalue weighted by Gasteiger charge is -2.34. The van der Waals surface area contributed by atoms with Crippen molar-refractivity contribution in [2.75, 3.05) is 0 Å². The van der Waals surface area contributed by atoms with Gasteiger partial charge in [0.2, 0.25) is 0 Å². The van der Waals surface area contributed by atoms with Crippen molar-refractivity contribution in [3.63, 3.8) is 0 Å². The van der Waals surface area contributed by atoms with Crippen LogP contribution in [0.25, 0.3) is 0 Å². The van der Waals surface area contributed by atoms with Crippen molar-refractivity contribution >= 4 is 0 Å². The molecule has 118 valence electrons. The molecule has 0 nitrogen and oxygen atoms in total. The number of rotatable bonds is 8. The second-order valence-electron chi connectivity index (χ2n) is 7.39. The third-order valence-corrected chi connectivity index (χ3v) is 5.68. The van der Waals surface area contributed by atoms with E-state index in [2.05, 4.69) is 75.0 Å². The fourth-order valence-corrected chi connectivity index (χ4v) is 2.80. The van der Waals surface area contributed by atoms with E-state index in [1.807, 2.05) is 0 Å². The van der Waals surface area contributed by atoms with Gasteiger partial charge in [-0.3, -0.25) is 0 Å². The van der Waals surface area contributed by atoms with Crippen LogP contribution >= 0.6 is 0 Å². The highest BCUT2D eigenvalue weighted by Gasteiger charge is 2.28. The van der Waals surface area contributed by atoms with Crippen molar-refractivity contribution in [1.29, 1.82) is 0 Å². The van der Waals surface area contributed by atoms with Crippen LogP contribution in [0, 0.1) is 35.5 Å². The summed E-state index contributed by atoms with van der Waals surface area (Å²) in [7, 11) is 0. The Morgan fingerprint density at radius 3 is 1.80 bits per heavy atom. The van der Waals surface area contributed by atoms with Gasteiger partial charge < -0.3 is 0 Å². The van der Waals surface area contributed by atoms with Gasteiger partial charge in [0, 0.05) is 0 Å². The molecule has 0 heterocycles. The van der Waals surface area contributed by atoms with Gasteiger partial charge in [-0.05, 0) is 55.8 Å². The Kier molecular flexibility index (Phi) is 8.47. The summed E-state index contributed by atoms with van der Waals surface area (Å²) in [6, 6.07) is 0. The lowest BCUT2D eigenvalue weighted by molar-refractivity contribution is 0.215. The molecule has 0 fully saturated rings. The molecule has 0 aliphatic rings. The highest BCUT2D eigenvalue weighted by atomic mass is 14.3. The van der Waals surface area contributed by atoms with E-state index in [4.69, 9.17) is 0 Å². The van der Waals surface area contributed by atoms with Gasteiger partial charge in [0.15, 0.2) is 0 Å². The maximum Gasteiger partial charge on any atom is -0.0171 e. The molecule has 0 rings (SSSR count). The second kappa shape index (κ2) is 8.70. The Balaban J connectivity index is 5.34. The summed E-state index contributed by atoms with van der Waals surface area (Å²) in [6.07, 6.45) is 3.80. The first kappa shape index (κ1) is 19.5. The van der Waals surface area contributed by atoms with Crippen molar-refractivity contribution in [2.24, 2.45) is 35.5 Å². The zero-order chi connectivity index (χ0) is 16.0. The van der Waals surface area contributed by atoms with Crippen LogP contribution in [-0.2, 0) is 0 Å². The normalized spacial score (nSPS) is 20.4. The average Bonchev–Trinajstić information content (AvgIpc) is 2.40. The predicted octanol–water partition coefficient (Wildman–Crippen LogP) is 6.74. The monoisotopic (exact) mass is 278 g/mol. The zero-order valence-corrected chi connectivity index (χ0v) is 15.5. The number of hydrogen-bond acceptors (Lipinski definition) is 0. The minimum Gasteiger partial charge on any atom is -0.0999 e. The van der Waals surface area contributed by atoms with E-state index >= 15 is 0 Å². The van der Waals surface area contributed by atoms with E-state index in [0.29, 0.717) is 29.6 Å². The third kappa shape index (κ3) is 5.46. The summed E-state index contributed by atoms with van der Waals surface area (Å²) in [5.41, 5.74) is 2.87. The van der Waals surface area contributed by atoms with Crippen LogP contribution in [0.15, 0.2) is 23.8 Å². The molecule has 0 aromatic rings. The molecule has 0 aliphatic heterocycles. The molecule has 0 aromatic carbocycles. The van der Waals surface area contributed by atoms with Crippen LogP contribution in [0.2, 0.25) is 0 Å². The largest absolute Gasteiger partial charge is 0.0999 e. The Morgan fingerprint density at radius 2 is 1.45 bits per heavy atom. The van der Waals surface area contributed by atoms with E-state index in [9.17, 15) is 0 Å². The summed E-state index contributed by atoms with van der Waals surface area (Å²) in [6.45, 7) is 25.1. The Labute approximate surface area is 128 Å². The average molecular weight is 279 g/mol. The topological polar surface area (TPSA) is 0 Å². The summed E-state index contributed by atoms with van der Waals surface area (Å²) in [5.74, 6) is 4.03. The van der Waals surface area contributed by atoms with E-state index in [1.165, 1.54) is 12.0 Å². The molecule has 0 bridgehead atoms. The molecule has 20 heavy (non-hydrogen) atoms. The van der Waals surface area contributed by atoms with Gasteiger partial charge in [-0.1, -0.05) is 72.3 Å². The van der Waals surface area contributed by atoms with Crippen LogP contribution in [0.4, 0.5) is 0 Å². The molecule has 0 spiro atoms. The molecule has 5 atom stereocenters. The van der Waals surface area contributed by atoms with Gasteiger partial charge in [-0.25, -0.2) is 0 Å². The molecular weight excluding hydrogens is 240 g/mol. The maximum absolute atomic E-state index is 4.17. The first-order valence-electron chi connectivity index (χ1n) is 8.47. The first-order valence-corrected chi connectivity index (χ1v) is 8.47. The van der Waals surface area contributed by atoms with E-state index in [-0.39, 0.29) is 0 Å². The van der Waals surface area contributed by atoms with Crippen molar-refractivity contribution in [1.82, 2.24) is 0 Å². The summed E-state index contributed by atoms with van der Waals surface area (Å²) >= 11 is 0. The minimum atomic E-state index is 0.585. The Hall–Kier alpha value is -0.520. The van der Waals surface area contributed by atoms with Crippen LogP contribution in [0.5, 0.6) is 0 Å². The van der Waals surface area contributed by atoms with Gasteiger partial charge in [0.05, 0.1) is 0 Å². The third-order valence-electron chi connectivity index (χ3n) is 5.68. The van der Waals surface area contributed by atoms with Gasteiger partial charge in [0.1, 0.15) is 0 Å². The fourth-order valence-electron chi connectivity index (χ4n) is 2.80. The van der Waals surface area contributed by atoms with Crippen molar-refractivity contribution in [2.45, 2.75) is 68.7 Å². The second-order valence-corrected chi connectivity index (χ2v) is 7.39. The lowest BCUT2D eigenvalue weighted by atomic mass is 9.71. The smallest absolute Gasteiger partial charge is 0.0171 e. The van der Waals surface area contributed by atoms with Gasteiger partial charge in [0.25, 0.3) is 0 Å². The van der Waals surface area contributed by atoms with Crippen molar-refractivity contribution < 1.29 is 0 Å². The molecule has 0 aliphatic carbocycles. The highest BCUT2D eigenvalue weighted by Crippen LogP contribution is 2.36. The highest BCUT2D eigenvalue weighted by molar-refractivity contribution is 5.09. The molecule has 5 unspecified atom stereocenters. The fraction of sp³-hybridized carbons (Fsp3) is 0.800. The van der Waals surface area contributed by atoms with Crippen molar-refractivity contribution in [3.05, 3.63) is 23.8 Å². The quantitative estimate of drug-likeness (QED) is 0.431. The van der Waals surface area contributed by atoms with Crippen LogP contribution < -0.4 is 0 Å². The number of hydrogen-bond donors (Lipinski definition) is 0. The molecule has 0 amide bonds. The molecule has 0 radical (unpaired) electrons. The van der Waals surface area contributed by atoms with Gasteiger partial charge >= 0.3 is 0 Å². The summed E-state index contributed by atoms with van der Waals surface area (Å²) in [5, 5.41) is 0. The lowest BCUT2D eigenvalue weighted by Crippen LogP contribution is -2.27. The minimum absolute atomic E-state index is 0.585. The summed E-state index contributed by atoms with van der Waals surface area (Å²) in [4.78, 5) is 0. The molecule has 0 aromatic heterocycles. The first-order chi connectivity index (χ1) is 9.13. The standard InChI is InChI=1S/C20H38/c1-11-15(6)16(7)12-20(18(9)14(4)5)19(10)17(8)13(2)3/h12,14-15,17-20H,2,11H2,1,3-10H3. The van der Waals surface area contributed by atoms with Crippen LogP contribution in [-0.4, -0.2) is 0 Å². The zero-order valence-electron chi connectivity index (χ0n) is 15.5. The van der Waals surface area contributed by atoms with E-state index < -0.39 is 0 Å². The Morgan fingerprint density at radius 1 is 0.950 bits per heavy atom. The predicted molar refractivity (Wildman–Crippen MR) is 93.8 cm³/mol. The van der Waals surface area contributed by atoms with Gasteiger partial charge in [-0.2, -0.15) is 0 Å². The molecule has 0 saturated carbocycles. The molecular formula is C20H38. The van der Waals surface area contributed by atoms with Crippen molar-refractivity contribution in [3.8, 4) is 0 Å².